The summed E-state index contributed by atoms with van der Waals surface area (Å²) in [6.45, 7) is 7.34. The minimum atomic E-state index is 0.603. The summed E-state index contributed by atoms with van der Waals surface area (Å²) in [7, 11) is 0. The van der Waals surface area contributed by atoms with Gasteiger partial charge >= 0.3 is 0 Å². The molecule has 2 rings (SSSR count). The standard InChI is InChI=1S/C17H25BrN4S/c1-13(2)12-22-16(20-21-17(22)23-3)5-4-10-19-11-14-6-8-15(18)9-7-14/h6-9,13,19H,4-5,10-12H2,1-3H3. The fourth-order valence-electron chi connectivity index (χ4n) is 2.41. The Hall–Kier alpha value is -0.850. The monoisotopic (exact) mass is 396 g/mol. The summed E-state index contributed by atoms with van der Waals surface area (Å²) in [5, 5.41) is 13.2. The third kappa shape index (κ3) is 5.94. The summed E-state index contributed by atoms with van der Waals surface area (Å²) < 4.78 is 3.39. The predicted molar refractivity (Wildman–Crippen MR) is 101 cm³/mol. The van der Waals surface area contributed by atoms with E-state index in [9.17, 15) is 0 Å². The van der Waals surface area contributed by atoms with Crippen LogP contribution in [-0.2, 0) is 19.5 Å². The SMILES string of the molecule is CSc1nnc(CCCNCc2ccc(Br)cc2)n1CC(C)C. The molecule has 1 aromatic heterocycles. The lowest BCUT2D eigenvalue weighted by molar-refractivity contribution is 0.475. The number of nitrogens with zero attached hydrogens (tertiary/aromatic N) is 3. The topological polar surface area (TPSA) is 42.7 Å². The van der Waals surface area contributed by atoms with Gasteiger partial charge in [-0.3, -0.25) is 0 Å². The first kappa shape index (κ1) is 18.5. The molecule has 23 heavy (non-hydrogen) atoms. The van der Waals surface area contributed by atoms with Crippen LogP contribution in [0.1, 0.15) is 31.7 Å². The molecule has 6 heteroatoms. The van der Waals surface area contributed by atoms with Crippen molar-refractivity contribution in [3.8, 4) is 0 Å². The minimum absolute atomic E-state index is 0.603. The van der Waals surface area contributed by atoms with Gasteiger partial charge in [-0.1, -0.05) is 53.7 Å². The van der Waals surface area contributed by atoms with Crippen LogP contribution in [0.3, 0.4) is 0 Å². The van der Waals surface area contributed by atoms with E-state index in [1.54, 1.807) is 11.8 Å². The Bertz CT molecular complexity index is 595. The number of aromatic nitrogens is 3. The molecule has 0 amide bonds. The van der Waals surface area contributed by atoms with E-state index in [0.29, 0.717) is 5.92 Å². The molecule has 0 atom stereocenters. The average Bonchev–Trinajstić information content (AvgIpc) is 2.90. The second kappa shape index (κ2) is 9.45. The van der Waals surface area contributed by atoms with Gasteiger partial charge in [-0.05, 0) is 42.8 Å². The minimum Gasteiger partial charge on any atom is -0.313 e. The number of aryl methyl sites for hydroxylation is 1. The van der Waals surface area contributed by atoms with Crippen LogP contribution in [0.2, 0.25) is 0 Å². The summed E-state index contributed by atoms with van der Waals surface area (Å²) in [6, 6.07) is 8.44. The fourth-order valence-corrected chi connectivity index (χ4v) is 3.20. The van der Waals surface area contributed by atoms with Crippen LogP contribution >= 0.6 is 27.7 Å². The van der Waals surface area contributed by atoms with E-state index in [1.165, 1.54) is 5.56 Å². The van der Waals surface area contributed by atoms with Gasteiger partial charge in [-0.15, -0.1) is 10.2 Å². The second-order valence-electron chi connectivity index (χ2n) is 6.01. The van der Waals surface area contributed by atoms with Crippen molar-refractivity contribution in [3.05, 3.63) is 40.1 Å². The number of nitrogens with one attached hydrogen (secondary N) is 1. The Balaban J connectivity index is 1.77. The van der Waals surface area contributed by atoms with Crippen molar-refractivity contribution in [1.29, 1.82) is 0 Å². The maximum Gasteiger partial charge on any atom is 0.190 e. The van der Waals surface area contributed by atoms with Gasteiger partial charge in [-0.25, -0.2) is 0 Å². The molecule has 0 radical (unpaired) electrons. The lowest BCUT2D eigenvalue weighted by Gasteiger charge is -2.11. The summed E-state index contributed by atoms with van der Waals surface area (Å²) in [4.78, 5) is 0. The summed E-state index contributed by atoms with van der Waals surface area (Å²) >= 11 is 5.13. The van der Waals surface area contributed by atoms with Gasteiger partial charge < -0.3 is 9.88 Å². The van der Waals surface area contributed by atoms with Crippen molar-refractivity contribution in [2.45, 2.75) is 44.9 Å². The van der Waals surface area contributed by atoms with Crippen molar-refractivity contribution in [1.82, 2.24) is 20.1 Å². The summed E-state index contributed by atoms with van der Waals surface area (Å²) in [5.74, 6) is 1.71. The van der Waals surface area contributed by atoms with E-state index in [1.807, 2.05) is 0 Å². The molecule has 0 saturated heterocycles. The van der Waals surface area contributed by atoms with Gasteiger partial charge in [0.1, 0.15) is 5.82 Å². The number of hydrogen-bond acceptors (Lipinski definition) is 4. The molecule has 0 bridgehead atoms. The van der Waals surface area contributed by atoms with E-state index >= 15 is 0 Å². The van der Waals surface area contributed by atoms with E-state index in [2.05, 4.69) is 80.4 Å². The number of rotatable bonds is 9. The molecule has 1 N–H and O–H groups in total. The first-order chi connectivity index (χ1) is 11.1. The third-order valence-corrected chi connectivity index (χ3v) is 4.72. The number of thioether (sulfide) groups is 1. The smallest absolute Gasteiger partial charge is 0.190 e. The number of hydrogen-bond donors (Lipinski definition) is 1. The largest absolute Gasteiger partial charge is 0.313 e. The van der Waals surface area contributed by atoms with Crippen LogP contribution in [0, 0.1) is 5.92 Å². The summed E-state index contributed by atoms with van der Waals surface area (Å²) in [5.41, 5.74) is 1.31. The summed E-state index contributed by atoms with van der Waals surface area (Å²) in [6.07, 6.45) is 4.10. The zero-order valence-electron chi connectivity index (χ0n) is 14.1. The van der Waals surface area contributed by atoms with Crippen LogP contribution in [0.15, 0.2) is 33.9 Å². The van der Waals surface area contributed by atoms with Gasteiger partial charge in [0.15, 0.2) is 5.16 Å². The molecular weight excluding hydrogens is 372 g/mol. The highest BCUT2D eigenvalue weighted by Gasteiger charge is 2.12. The predicted octanol–water partition coefficient (Wildman–Crippen LogP) is 4.14. The average molecular weight is 397 g/mol. The fraction of sp³-hybridized carbons (Fsp3) is 0.529. The Morgan fingerprint density at radius 3 is 2.61 bits per heavy atom. The Labute approximate surface area is 151 Å². The molecule has 0 aliphatic heterocycles. The lowest BCUT2D eigenvalue weighted by atomic mass is 10.2. The van der Waals surface area contributed by atoms with E-state index in [4.69, 9.17) is 0 Å². The lowest BCUT2D eigenvalue weighted by Crippen LogP contribution is -2.16. The highest BCUT2D eigenvalue weighted by atomic mass is 79.9. The molecule has 1 heterocycles. The zero-order valence-corrected chi connectivity index (χ0v) is 16.5. The van der Waals surface area contributed by atoms with Gasteiger partial charge in [0.25, 0.3) is 0 Å². The van der Waals surface area contributed by atoms with Crippen molar-refractivity contribution in [2.24, 2.45) is 5.92 Å². The molecule has 2 aromatic rings. The van der Waals surface area contributed by atoms with Crippen molar-refractivity contribution in [3.63, 3.8) is 0 Å². The Kier molecular flexibility index (Phi) is 7.59. The van der Waals surface area contributed by atoms with Gasteiger partial charge in [-0.2, -0.15) is 0 Å². The van der Waals surface area contributed by atoms with Crippen LogP contribution in [0.25, 0.3) is 0 Å². The van der Waals surface area contributed by atoms with E-state index in [0.717, 1.165) is 47.9 Å². The van der Waals surface area contributed by atoms with Gasteiger partial charge in [0.2, 0.25) is 0 Å². The van der Waals surface area contributed by atoms with Gasteiger partial charge in [0, 0.05) is 24.0 Å². The third-order valence-electron chi connectivity index (χ3n) is 3.52. The molecule has 0 aliphatic rings. The molecule has 0 spiro atoms. The molecular formula is C17H25BrN4S. The maximum atomic E-state index is 4.36. The van der Waals surface area contributed by atoms with Crippen LogP contribution in [0.5, 0.6) is 0 Å². The second-order valence-corrected chi connectivity index (χ2v) is 7.70. The molecule has 0 unspecified atom stereocenters. The van der Waals surface area contributed by atoms with E-state index in [-0.39, 0.29) is 0 Å². The Morgan fingerprint density at radius 2 is 1.96 bits per heavy atom. The quantitative estimate of drug-likeness (QED) is 0.510. The number of benzene rings is 1. The van der Waals surface area contributed by atoms with Crippen molar-refractivity contribution >= 4 is 27.7 Å². The molecule has 0 saturated carbocycles. The van der Waals surface area contributed by atoms with Gasteiger partial charge in [0.05, 0.1) is 0 Å². The van der Waals surface area contributed by atoms with Crippen LogP contribution in [-0.4, -0.2) is 27.6 Å². The van der Waals surface area contributed by atoms with Crippen molar-refractivity contribution in [2.75, 3.05) is 12.8 Å². The Morgan fingerprint density at radius 1 is 1.22 bits per heavy atom. The van der Waals surface area contributed by atoms with Crippen molar-refractivity contribution < 1.29 is 0 Å². The van der Waals surface area contributed by atoms with Crippen LogP contribution in [0.4, 0.5) is 0 Å². The molecule has 1 aromatic carbocycles. The molecule has 4 nitrogen and oxygen atoms in total. The van der Waals surface area contributed by atoms with Crippen LogP contribution < -0.4 is 5.32 Å². The van der Waals surface area contributed by atoms with E-state index < -0.39 is 0 Å². The molecule has 0 fully saturated rings. The molecule has 0 aliphatic carbocycles. The zero-order chi connectivity index (χ0) is 16.7. The maximum absolute atomic E-state index is 4.36. The first-order valence-corrected chi connectivity index (χ1v) is 10.0. The highest BCUT2D eigenvalue weighted by molar-refractivity contribution is 9.10. The highest BCUT2D eigenvalue weighted by Crippen LogP contribution is 2.16. The molecule has 126 valence electrons. The number of halogens is 1. The first-order valence-electron chi connectivity index (χ1n) is 8.01. The normalized spacial score (nSPS) is 11.3.